The number of hydrogen-bond donors (Lipinski definition) is 0. The molecular weight excluding hydrogens is 447 g/mol. The average molecular weight is 462 g/mol. The lowest BCUT2D eigenvalue weighted by molar-refractivity contribution is -0.189. The molecule has 3 heterocycles. The molecule has 3 aromatic rings. The molecule has 4 rings (SSSR count). The summed E-state index contributed by atoms with van der Waals surface area (Å²) in [6, 6.07) is 7.79. The molecule has 1 aromatic carbocycles. The number of amides is 1. The number of nitriles is 1. The fourth-order valence-corrected chi connectivity index (χ4v) is 3.55. The second-order valence-electron chi connectivity index (χ2n) is 7.13. The highest BCUT2D eigenvalue weighted by Gasteiger charge is 2.39. The molecule has 32 heavy (non-hydrogen) atoms. The van der Waals surface area contributed by atoms with E-state index in [1.54, 1.807) is 29.3 Å². The second kappa shape index (κ2) is 8.16. The number of hydrogen-bond acceptors (Lipinski definition) is 5. The molecule has 1 aliphatic heterocycles. The topological polar surface area (TPSA) is 84.0 Å². The monoisotopic (exact) mass is 461 g/mol. The minimum atomic E-state index is -4.64. The Morgan fingerprint density at radius 3 is 2.72 bits per heavy atom. The molecule has 0 spiro atoms. The Bertz CT molecular complexity index is 1200. The van der Waals surface area contributed by atoms with Gasteiger partial charge >= 0.3 is 6.18 Å². The van der Waals surface area contributed by atoms with E-state index in [1.165, 1.54) is 11.0 Å². The molecule has 7 nitrogen and oxygen atoms in total. The van der Waals surface area contributed by atoms with Crippen LogP contribution in [0.5, 0.6) is 5.75 Å². The maximum Gasteiger partial charge on any atom is 0.425 e. The Hall–Kier alpha value is -3.58. The van der Waals surface area contributed by atoms with Crippen LogP contribution in [0.25, 0.3) is 5.69 Å². The molecule has 1 atom stereocenters. The summed E-state index contributed by atoms with van der Waals surface area (Å²) >= 11 is 6.22. The van der Waals surface area contributed by atoms with Crippen molar-refractivity contribution in [3.63, 3.8) is 0 Å². The summed E-state index contributed by atoms with van der Waals surface area (Å²) in [5.41, 5.74) is 1.84. The van der Waals surface area contributed by atoms with Crippen LogP contribution in [0, 0.1) is 11.3 Å². The third-order valence-corrected chi connectivity index (χ3v) is 5.37. The second-order valence-corrected chi connectivity index (χ2v) is 7.51. The fraction of sp³-hybridized carbons (Fsp3) is 0.238. The molecule has 0 bridgehead atoms. The molecule has 0 radical (unpaired) electrons. The Morgan fingerprint density at radius 1 is 1.31 bits per heavy atom. The van der Waals surface area contributed by atoms with E-state index >= 15 is 0 Å². The first-order valence-electron chi connectivity index (χ1n) is 9.42. The van der Waals surface area contributed by atoms with Gasteiger partial charge in [-0.2, -0.15) is 23.5 Å². The third kappa shape index (κ3) is 3.99. The van der Waals surface area contributed by atoms with Gasteiger partial charge in [0.25, 0.3) is 5.91 Å². The third-order valence-electron chi connectivity index (χ3n) is 4.98. The van der Waals surface area contributed by atoms with Crippen molar-refractivity contribution in [1.82, 2.24) is 19.7 Å². The molecule has 0 unspecified atom stereocenters. The number of rotatable bonds is 4. The van der Waals surface area contributed by atoms with Crippen molar-refractivity contribution < 1.29 is 22.7 Å². The number of carbonyl (C=O) groups excluding carboxylic acids is 1. The first-order chi connectivity index (χ1) is 15.2. The van der Waals surface area contributed by atoms with Gasteiger partial charge in [-0.3, -0.25) is 9.78 Å². The predicted molar refractivity (Wildman–Crippen MR) is 107 cm³/mol. The van der Waals surface area contributed by atoms with E-state index in [-0.39, 0.29) is 35.0 Å². The highest BCUT2D eigenvalue weighted by molar-refractivity contribution is 6.35. The van der Waals surface area contributed by atoms with Crippen LogP contribution in [0.3, 0.4) is 0 Å². The molecule has 164 valence electrons. The quantitative estimate of drug-likeness (QED) is 0.579. The number of carbonyl (C=O) groups is 1. The summed E-state index contributed by atoms with van der Waals surface area (Å²) in [5, 5.41) is 13.5. The highest BCUT2D eigenvalue weighted by atomic mass is 35.5. The van der Waals surface area contributed by atoms with Gasteiger partial charge in [0.1, 0.15) is 17.4 Å². The Kier molecular flexibility index (Phi) is 5.52. The van der Waals surface area contributed by atoms with Crippen molar-refractivity contribution in [2.45, 2.75) is 32.3 Å². The van der Waals surface area contributed by atoms with Gasteiger partial charge in [0.05, 0.1) is 34.7 Å². The number of halogens is 4. The largest absolute Gasteiger partial charge is 0.480 e. The number of nitrogens with zero attached hydrogens (tertiary/aromatic N) is 5. The van der Waals surface area contributed by atoms with Gasteiger partial charge in [-0.25, -0.2) is 4.68 Å². The molecule has 0 saturated carbocycles. The lowest BCUT2D eigenvalue weighted by atomic mass is 10.1. The Morgan fingerprint density at radius 2 is 2.09 bits per heavy atom. The van der Waals surface area contributed by atoms with Gasteiger partial charge < -0.3 is 9.64 Å². The fourth-order valence-electron chi connectivity index (χ4n) is 3.28. The molecule has 0 aliphatic carbocycles. The van der Waals surface area contributed by atoms with Crippen molar-refractivity contribution in [2.24, 2.45) is 0 Å². The first kappa shape index (κ1) is 21.6. The van der Waals surface area contributed by atoms with Crippen molar-refractivity contribution in [2.75, 3.05) is 0 Å². The molecular formula is C21H15ClF3N5O2. The van der Waals surface area contributed by atoms with Crippen molar-refractivity contribution >= 4 is 17.5 Å². The number of ether oxygens (including phenoxy) is 1. The van der Waals surface area contributed by atoms with Crippen LogP contribution in [0.2, 0.25) is 5.02 Å². The molecule has 11 heteroatoms. The van der Waals surface area contributed by atoms with Gasteiger partial charge in [0, 0.05) is 24.5 Å². The van der Waals surface area contributed by atoms with E-state index in [0.717, 1.165) is 24.2 Å². The molecule has 0 fully saturated rings. The van der Waals surface area contributed by atoms with Gasteiger partial charge in [-0.05, 0) is 31.2 Å². The SMILES string of the molecule is C[C@H](Oc1ccc(C#N)c(Cl)c1C(=O)N1Cc2cn(-c3cccnc3)nc2C1)C(F)(F)F. The maximum atomic E-state index is 13.2. The molecule has 0 saturated heterocycles. The Labute approximate surface area is 185 Å². The standard InChI is InChI=1S/C21H15ClF3N5O2/c1-12(21(23,24)25)32-17-5-4-13(7-26)19(22)18(17)20(31)29-9-14-10-30(28-16(14)11-29)15-3-2-6-27-8-15/h2-6,8,10,12H,9,11H2,1H3/t12-/m0/s1. The van der Waals surface area contributed by atoms with E-state index in [9.17, 15) is 23.2 Å². The van der Waals surface area contributed by atoms with E-state index in [1.807, 2.05) is 12.1 Å². The van der Waals surface area contributed by atoms with Gasteiger partial charge in [0.2, 0.25) is 0 Å². The number of benzene rings is 1. The van der Waals surface area contributed by atoms with E-state index in [0.29, 0.717) is 5.69 Å². The summed E-state index contributed by atoms with van der Waals surface area (Å²) in [6.07, 6.45) is -1.77. The number of pyridine rings is 1. The van der Waals surface area contributed by atoms with Crippen LogP contribution in [0.15, 0.2) is 42.9 Å². The summed E-state index contributed by atoms with van der Waals surface area (Å²) < 4.78 is 45.7. The maximum absolute atomic E-state index is 13.2. The lowest BCUT2D eigenvalue weighted by Crippen LogP contribution is -2.33. The summed E-state index contributed by atoms with van der Waals surface area (Å²) in [5.74, 6) is -0.990. The van der Waals surface area contributed by atoms with Gasteiger partial charge in [0.15, 0.2) is 6.10 Å². The van der Waals surface area contributed by atoms with Gasteiger partial charge in [-0.15, -0.1) is 0 Å². The molecule has 0 N–H and O–H groups in total. The van der Waals surface area contributed by atoms with Crippen LogP contribution in [-0.4, -0.2) is 37.9 Å². The zero-order chi connectivity index (χ0) is 23.0. The lowest BCUT2D eigenvalue weighted by Gasteiger charge is -2.23. The highest BCUT2D eigenvalue weighted by Crippen LogP contribution is 2.35. The van der Waals surface area contributed by atoms with Crippen LogP contribution in [-0.2, 0) is 13.1 Å². The average Bonchev–Trinajstić information content (AvgIpc) is 3.33. The smallest absolute Gasteiger partial charge is 0.425 e. The van der Waals surface area contributed by atoms with Crippen molar-refractivity contribution in [1.29, 1.82) is 5.26 Å². The zero-order valence-corrected chi connectivity index (χ0v) is 17.4. The van der Waals surface area contributed by atoms with E-state index in [4.69, 9.17) is 16.3 Å². The van der Waals surface area contributed by atoms with Crippen molar-refractivity contribution in [3.8, 4) is 17.5 Å². The molecule has 1 amide bonds. The Balaban J connectivity index is 1.62. The summed E-state index contributed by atoms with van der Waals surface area (Å²) in [7, 11) is 0. The minimum absolute atomic E-state index is 0.0410. The minimum Gasteiger partial charge on any atom is -0.480 e. The normalized spacial score (nSPS) is 14.1. The summed E-state index contributed by atoms with van der Waals surface area (Å²) in [6.45, 7) is 1.13. The predicted octanol–water partition coefficient (Wildman–Crippen LogP) is 4.28. The molecule has 2 aromatic heterocycles. The van der Waals surface area contributed by atoms with Crippen LogP contribution >= 0.6 is 11.6 Å². The van der Waals surface area contributed by atoms with Crippen LogP contribution in [0.4, 0.5) is 13.2 Å². The van der Waals surface area contributed by atoms with Gasteiger partial charge in [-0.1, -0.05) is 11.6 Å². The number of fused-ring (bicyclic) bond motifs is 1. The van der Waals surface area contributed by atoms with Crippen LogP contribution in [0.1, 0.15) is 34.1 Å². The zero-order valence-electron chi connectivity index (χ0n) is 16.6. The first-order valence-corrected chi connectivity index (χ1v) is 9.80. The molecule has 1 aliphatic rings. The van der Waals surface area contributed by atoms with E-state index in [2.05, 4.69) is 10.1 Å². The summed E-state index contributed by atoms with van der Waals surface area (Å²) in [4.78, 5) is 18.7. The van der Waals surface area contributed by atoms with Crippen molar-refractivity contribution in [3.05, 3.63) is 70.3 Å². The van der Waals surface area contributed by atoms with E-state index < -0.39 is 18.2 Å². The van der Waals surface area contributed by atoms with Crippen LogP contribution < -0.4 is 4.74 Å². The number of aromatic nitrogens is 3. The number of alkyl halides is 3.